The minimum Gasteiger partial charge on any atom is -0.429 e. The molecule has 2 aliphatic carbocycles. The zero-order chi connectivity index (χ0) is 19.4. The zero-order valence-electron chi connectivity index (χ0n) is 15.8. The lowest BCUT2D eigenvalue weighted by atomic mass is 9.70. The maximum atomic E-state index is 14.4. The summed E-state index contributed by atoms with van der Waals surface area (Å²) in [4.78, 5) is 0. The van der Waals surface area contributed by atoms with Gasteiger partial charge in [-0.3, -0.25) is 0 Å². The van der Waals surface area contributed by atoms with Crippen LogP contribution in [0.5, 0.6) is 5.75 Å². The van der Waals surface area contributed by atoms with Crippen LogP contribution in [0.2, 0.25) is 0 Å². The monoisotopic (exact) mass is 384 g/mol. The molecule has 0 spiro atoms. The summed E-state index contributed by atoms with van der Waals surface area (Å²) in [5, 5.41) is 0. The predicted molar refractivity (Wildman–Crippen MR) is 97.7 cm³/mol. The van der Waals surface area contributed by atoms with Crippen molar-refractivity contribution in [2.75, 3.05) is 0 Å². The molecule has 0 amide bonds. The van der Waals surface area contributed by atoms with Crippen molar-refractivity contribution < 1.29 is 22.3 Å². The summed E-state index contributed by atoms with van der Waals surface area (Å²) in [6.45, 7) is 2.22. The van der Waals surface area contributed by atoms with Crippen LogP contribution in [0.1, 0.15) is 64.7 Å². The number of hydrogen-bond acceptors (Lipinski definition) is 1. The second kappa shape index (κ2) is 8.66. The highest BCUT2D eigenvalue weighted by atomic mass is 19.3. The molecule has 1 nitrogen and oxygen atoms in total. The summed E-state index contributed by atoms with van der Waals surface area (Å²) < 4.78 is 59.9. The fourth-order valence-electron chi connectivity index (χ4n) is 4.70. The molecule has 2 aliphatic rings. The number of halogens is 4. The Kier molecular flexibility index (Phi) is 6.48. The van der Waals surface area contributed by atoms with E-state index in [1.807, 2.05) is 0 Å². The van der Waals surface area contributed by atoms with E-state index in [-0.39, 0.29) is 12.0 Å². The minimum atomic E-state index is -3.54. The van der Waals surface area contributed by atoms with Crippen molar-refractivity contribution in [1.29, 1.82) is 0 Å². The molecule has 1 unspecified atom stereocenters. The Morgan fingerprint density at radius 1 is 0.963 bits per heavy atom. The van der Waals surface area contributed by atoms with Crippen molar-refractivity contribution in [2.24, 2.45) is 17.8 Å². The normalized spacial score (nSPS) is 26.6. The van der Waals surface area contributed by atoms with Crippen molar-refractivity contribution in [3.05, 3.63) is 41.5 Å². The number of hydrogen-bond donors (Lipinski definition) is 0. The molecule has 0 bridgehead atoms. The Labute approximate surface area is 158 Å². The van der Waals surface area contributed by atoms with Crippen LogP contribution < -0.4 is 4.74 Å². The van der Waals surface area contributed by atoms with Crippen molar-refractivity contribution in [2.45, 2.75) is 70.8 Å². The third-order valence-corrected chi connectivity index (χ3v) is 6.16. The van der Waals surface area contributed by atoms with E-state index in [1.165, 1.54) is 38.5 Å². The molecule has 0 aromatic heterocycles. The van der Waals surface area contributed by atoms with E-state index in [2.05, 4.69) is 11.7 Å². The van der Waals surface area contributed by atoms with Gasteiger partial charge in [-0.2, -0.15) is 8.78 Å². The van der Waals surface area contributed by atoms with Crippen LogP contribution in [0.3, 0.4) is 0 Å². The number of ether oxygens (including phenoxy) is 1. The molecule has 1 saturated carbocycles. The van der Waals surface area contributed by atoms with Crippen molar-refractivity contribution in [3.8, 4) is 5.75 Å². The highest BCUT2D eigenvalue weighted by molar-refractivity contribution is 5.26. The van der Waals surface area contributed by atoms with Gasteiger partial charge < -0.3 is 4.74 Å². The maximum Gasteiger partial charge on any atom is 0.422 e. The van der Waals surface area contributed by atoms with Crippen molar-refractivity contribution in [1.82, 2.24) is 0 Å². The van der Waals surface area contributed by atoms with Gasteiger partial charge in [-0.25, -0.2) is 8.78 Å². The number of alkyl halides is 2. The average Bonchev–Trinajstić information content (AvgIpc) is 2.61. The van der Waals surface area contributed by atoms with E-state index in [4.69, 9.17) is 0 Å². The van der Waals surface area contributed by atoms with Crippen LogP contribution in [0.4, 0.5) is 17.6 Å². The standard InChI is InChI=1S/C22H28F4O/c1-2-3-15-4-6-16(7-5-15)17-8-10-18(11-9-17)22(25,26)27-21-13-19(23)12-20(24)14-21/h10,12-17H,2-9,11H2,1H3. The first-order valence-electron chi connectivity index (χ1n) is 10.1. The average molecular weight is 384 g/mol. The van der Waals surface area contributed by atoms with Gasteiger partial charge in [-0.05, 0) is 49.9 Å². The molecule has 150 valence electrons. The molecular weight excluding hydrogens is 356 g/mol. The van der Waals surface area contributed by atoms with Gasteiger partial charge in [0.25, 0.3) is 0 Å². The molecule has 27 heavy (non-hydrogen) atoms. The van der Waals surface area contributed by atoms with Crippen LogP contribution in [-0.4, -0.2) is 6.11 Å². The molecule has 5 heteroatoms. The summed E-state index contributed by atoms with van der Waals surface area (Å²) in [6.07, 6.45) is 7.13. The van der Waals surface area contributed by atoms with Gasteiger partial charge in [0.2, 0.25) is 0 Å². The fraction of sp³-hybridized carbons (Fsp3) is 0.636. The maximum absolute atomic E-state index is 14.4. The Bertz CT molecular complexity index is 642. The Morgan fingerprint density at radius 2 is 1.63 bits per heavy atom. The summed E-state index contributed by atoms with van der Waals surface area (Å²) in [7, 11) is 0. The molecule has 1 aromatic carbocycles. The van der Waals surface area contributed by atoms with Crippen LogP contribution >= 0.6 is 0 Å². The highest BCUT2D eigenvalue weighted by Gasteiger charge is 2.40. The van der Waals surface area contributed by atoms with Gasteiger partial charge >= 0.3 is 6.11 Å². The first-order valence-corrected chi connectivity index (χ1v) is 10.1. The second-order valence-corrected chi connectivity index (χ2v) is 8.06. The summed E-state index contributed by atoms with van der Waals surface area (Å²) in [5.41, 5.74) is -0.0805. The fourth-order valence-corrected chi connectivity index (χ4v) is 4.70. The van der Waals surface area contributed by atoms with Crippen LogP contribution in [0.15, 0.2) is 29.8 Å². The molecule has 1 fully saturated rings. The molecule has 1 aromatic rings. The first kappa shape index (κ1) is 20.2. The second-order valence-electron chi connectivity index (χ2n) is 8.06. The lowest BCUT2D eigenvalue weighted by Gasteiger charge is -2.36. The lowest BCUT2D eigenvalue weighted by Crippen LogP contribution is -2.31. The molecule has 3 rings (SSSR count). The van der Waals surface area contributed by atoms with Crippen LogP contribution in [0.25, 0.3) is 0 Å². The Balaban J connectivity index is 1.57. The number of rotatable bonds is 6. The molecule has 0 heterocycles. The molecule has 0 aliphatic heterocycles. The van der Waals surface area contributed by atoms with Gasteiger partial charge in [0.15, 0.2) is 0 Å². The van der Waals surface area contributed by atoms with E-state index in [0.717, 1.165) is 24.5 Å². The topological polar surface area (TPSA) is 9.23 Å². The molecule has 0 radical (unpaired) electrons. The Hall–Kier alpha value is -1.52. The molecular formula is C22H28F4O. The predicted octanol–water partition coefficient (Wildman–Crippen LogP) is 7.27. The minimum absolute atomic E-state index is 0.0805. The first-order chi connectivity index (χ1) is 12.9. The van der Waals surface area contributed by atoms with E-state index >= 15 is 0 Å². The molecule has 0 saturated heterocycles. The smallest absolute Gasteiger partial charge is 0.422 e. The third kappa shape index (κ3) is 5.26. The number of benzene rings is 1. The van der Waals surface area contributed by atoms with E-state index < -0.39 is 23.5 Å². The third-order valence-electron chi connectivity index (χ3n) is 6.16. The summed E-state index contributed by atoms with van der Waals surface area (Å²) >= 11 is 0. The largest absolute Gasteiger partial charge is 0.429 e. The quantitative estimate of drug-likeness (QED) is 0.370. The lowest BCUT2D eigenvalue weighted by molar-refractivity contribution is -0.145. The van der Waals surface area contributed by atoms with Gasteiger partial charge in [0, 0.05) is 23.8 Å². The summed E-state index contributed by atoms with van der Waals surface area (Å²) in [6, 6.07) is 2.18. The van der Waals surface area contributed by atoms with Gasteiger partial charge in [-0.1, -0.05) is 38.7 Å². The SMILES string of the molecule is CCCC1CCC(C2CC=C(C(F)(F)Oc3cc(F)cc(F)c3)CC2)CC1. The number of allylic oxidation sites excluding steroid dienone is 1. The molecule has 0 N–H and O–H groups in total. The van der Waals surface area contributed by atoms with Crippen molar-refractivity contribution >= 4 is 0 Å². The van der Waals surface area contributed by atoms with E-state index in [1.54, 1.807) is 6.08 Å². The Morgan fingerprint density at radius 3 is 2.19 bits per heavy atom. The van der Waals surface area contributed by atoms with Crippen LogP contribution in [0, 0.1) is 29.4 Å². The van der Waals surface area contributed by atoms with Gasteiger partial charge in [0.1, 0.15) is 17.4 Å². The van der Waals surface area contributed by atoms with E-state index in [9.17, 15) is 17.6 Å². The van der Waals surface area contributed by atoms with Gasteiger partial charge in [-0.15, -0.1) is 0 Å². The van der Waals surface area contributed by atoms with Crippen LogP contribution in [-0.2, 0) is 0 Å². The summed E-state index contributed by atoms with van der Waals surface area (Å²) in [5.74, 6) is -0.434. The van der Waals surface area contributed by atoms with Crippen molar-refractivity contribution in [3.63, 3.8) is 0 Å². The zero-order valence-corrected chi connectivity index (χ0v) is 15.8. The highest BCUT2D eigenvalue weighted by Crippen LogP contribution is 2.43. The van der Waals surface area contributed by atoms with Gasteiger partial charge in [0.05, 0.1) is 0 Å². The van der Waals surface area contributed by atoms with E-state index in [0.29, 0.717) is 24.3 Å². The molecule has 1 atom stereocenters.